The van der Waals surface area contributed by atoms with Gasteiger partial charge in [-0.1, -0.05) is 0 Å². The fourth-order valence-corrected chi connectivity index (χ4v) is 3.47. The van der Waals surface area contributed by atoms with Crippen molar-refractivity contribution in [2.45, 2.75) is 50.7 Å². The Kier molecular flexibility index (Phi) is 3.61. The molecule has 2 aliphatic heterocycles. The molecule has 0 aromatic carbocycles. The van der Waals surface area contributed by atoms with E-state index in [1.54, 1.807) is 19.2 Å². The summed E-state index contributed by atoms with van der Waals surface area (Å²) in [5, 5.41) is 0. The zero-order chi connectivity index (χ0) is 14.1. The van der Waals surface area contributed by atoms with Crippen molar-refractivity contribution in [1.29, 1.82) is 0 Å². The minimum Gasteiger partial charge on any atom is -0.462 e. The van der Waals surface area contributed by atoms with E-state index in [1.165, 1.54) is 12.8 Å². The van der Waals surface area contributed by atoms with Gasteiger partial charge in [0.05, 0.1) is 12.2 Å². The number of hydrogen-bond donors (Lipinski definition) is 1. The number of rotatable bonds is 3. The van der Waals surface area contributed by atoms with Crippen LogP contribution in [0.15, 0.2) is 18.3 Å². The van der Waals surface area contributed by atoms with Gasteiger partial charge in [-0.25, -0.2) is 9.78 Å². The summed E-state index contributed by atoms with van der Waals surface area (Å²) in [6.07, 6.45) is 6.08. The number of carbonyl (C=O) groups excluding carboxylic acids is 1. The SMILES string of the molecule is CCOC(=O)c1ccc(N2C3CCC2CC(N)C3)nc1. The molecule has 0 spiro atoms. The van der Waals surface area contributed by atoms with Crippen molar-refractivity contribution in [3.63, 3.8) is 0 Å². The Morgan fingerprint density at radius 3 is 2.65 bits per heavy atom. The lowest BCUT2D eigenvalue weighted by atomic mass is 9.98. The number of aromatic nitrogens is 1. The van der Waals surface area contributed by atoms with Crippen LogP contribution in [0.1, 0.15) is 43.0 Å². The minimum atomic E-state index is -0.310. The second kappa shape index (κ2) is 5.40. The summed E-state index contributed by atoms with van der Waals surface area (Å²) in [7, 11) is 0. The summed E-state index contributed by atoms with van der Waals surface area (Å²) in [4.78, 5) is 18.5. The second-order valence-corrected chi connectivity index (χ2v) is 5.65. The number of hydrogen-bond acceptors (Lipinski definition) is 5. The predicted molar refractivity (Wildman–Crippen MR) is 76.7 cm³/mol. The molecule has 0 saturated carbocycles. The first kappa shape index (κ1) is 13.4. The van der Waals surface area contributed by atoms with E-state index in [1.807, 2.05) is 6.07 Å². The zero-order valence-electron chi connectivity index (χ0n) is 11.8. The molecule has 2 aliphatic rings. The highest BCUT2D eigenvalue weighted by Crippen LogP contribution is 2.37. The van der Waals surface area contributed by atoms with E-state index in [-0.39, 0.29) is 5.97 Å². The third-order valence-corrected chi connectivity index (χ3v) is 4.29. The molecule has 3 heterocycles. The van der Waals surface area contributed by atoms with Crippen LogP contribution in [0, 0.1) is 0 Å². The Labute approximate surface area is 119 Å². The summed E-state index contributed by atoms with van der Waals surface area (Å²) < 4.78 is 4.97. The lowest BCUT2D eigenvalue weighted by Crippen LogP contribution is -2.47. The summed E-state index contributed by atoms with van der Waals surface area (Å²) in [5.74, 6) is 0.646. The van der Waals surface area contributed by atoms with Crippen LogP contribution in [-0.4, -0.2) is 35.7 Å². The highest BCUT2D eigenvalue weighted by Gasteiger charge is 2.40. The number of fused-ring (bicyclic) bond motifs is 2. The topological polar surface area (TPSA) is 68.5 Å². The number of carbonyl (C=O) groups is 1. The van der Waals surface area contributed by atoms with Gasteiger partial charge in [0.1, 0.15) is 5.82 Å². The molecule has 1 aromatic heterocycles. The molecule has 3 rings (SSSR count). The molecule has 2 saturated heterocycles. The first-order valence-electron chi connectivity index (χ1n) is 7.36. The Hall–Kier alpha value is -1.62. The fraction of sp³-hybridized carbons (Fsp3) is 0.600. The Bertz CT molecular complexity index is 474. The highest BCUT2D eigenvalue weighted by atomic mass is 16.5. The van der Waals surface area contributed by atoms with Gasteiger partial charge >= 0.3 is 5.97 Å². The molecule has 5 heteroatoms. The lowest BCUT2D eigenvalue weighted by Gasteiger charge is -2.38. The molecule has 108 valence electrons. The van der Waals surface area contributed by atoms with Gasteiger partial charge in [-0.15, -0.1) is 0 Å². The maximum atomic E-state index is 11.6. The molecule has 2 bridgehead atoms. The summed E-state index contributed by atoms with van der Waals surface area (Å²) >= 11 is 0. The maximum absolute atomic E-state index is 11.6. The van der Waals surface area contributed by atoms with Crippen LogP contribution in [-0.2, 0) is 4.74 Å². The third kappa shape index (κ3) is 2.38. The number of anilines is 1. The largest absolute Gasteiger partial charge is 0.462 e. The van der Waals surface area contributed by atoms with Crippen LogP contribution in [0.3, 0.4) is 0 Å². The van der Waals surface area contributed by atoms with E-state index in [0.717, 1.165) is 18.7 Å². The minimum absolute atomic E-state index is 0.310. The number of ether oxygens (including phenoxy) is 1. The van der Waals surface area contributed by atoms with E-state index in [2.05, 4.69) is 9.88 Å². The summed E-state index contributed by atoms with van der Waals surface area (Å²) in [5.41, 5.74) is 6.60. The van der Waals surface area contributed by atoms with Crippen molar-refractivity contribution in [2.24, 2.45) is 5.73 Å². The van der Waals surface area contributed by atoms with Crippen LogP contribution in [0.5, 0.6) is 0 Å². The van der Waals surface area contributed by atoms with Crippen LogP contribution >= 0.6 is 0 Å². The number of nitrogens with two attached hydrogens (primary N) is 1. The van der Waals surface area contributed by atoms with Gasteiger partial charge in [0.25, 0.3) is 0 Å². The van der Waals surface area contributed by atoms with Crippen molar-refractivity contribution >= 4 is 11.8 Å². The van der Waals surface area contributed by atoms with Gasteiger partial charge in [0, 0.05) is 24.3 Å². The number of piperidine rings is 1. The molecule has 2 atom stereocenters. The van der Waals surface area contributed by atoms with Crippen molar-refractivity contribution in [3.05, 3.63) is 23.9 Å². The molecule has 20 heavy (non-hydrogen) atoms. The Morgan fingerprint density at radius 1 is 1.40 bits per heavy atom. The molecule has 2 fully saturated rings. The third-order valence-electron chi connectivity index (χ3n) is 4.29. The standard InChI is InChI=1S/C15H21N3O2/c1-2-20-15(19)10-3-6-14(17-9-10)18-12-4-5-13(18)8-11(16)7-12/h3,6,9,11-13H,2,4-5,7-8,16H2,1H3. The normalized spacial score (nSPS) is 28.5. The van der Waals surface area contributed by atoms with E-state index < -0.39 is 0 Å². The molecule has 1 aromatic rings. The average Bonchev–Trinajstić information content (AvgIpc) is 2.71. The van der Waals surface area contributed by atoms with Gasteiger partial charge in [0.2, 0.25) is 0 Å². The van der Waals surface area contributed by atoms with Crippen molar-refractivity contribution in [1.82, 2.24) is 4.98 Å². The molecule has 2 unspecified atom stereocenters. The second-order valence-electron chi connectivity index (χ2n) is 5.65. The average molecular weight is 275 g/mol. The van der Waals surface area contributed by atoms with Gasteiger partial charge in [-0.2, -0.15) is 0 Å². The molecule has 2 N–H and O–H groups in total. The predicted octanol–water partition coefficient (Wildman–Crippen LogP) is 1.72. The van der Waals surface area contributed by atoms with Gasteiger partial charge in [-0.3, -0.25) is 0 Å². The van der Waals surface area contributed by atoms with Crippen LogP contribution in [0.2, 0.25) is 0 Å². The fourth-order valence-electron chi connectivity index (χ4n) is 3.47. The van der Waals surface area contributed by atoms with Gasteiger partial charge < -0.3 is 15.4 Å². The smallest absolute Gasteiger partial charge is 0.339 e. The number of esters is 1. The van der Waals surface area contributed by atoms with Crippen molar-refractivity contribution in [3.8, 4) is 0 Å². The van der Waals surface area contributed by atoms with E-state index in [4.69, 9.17) is 10.5 Å². The Balaban J connectivity index is 1.77. The van der Waals surface area contributed by atoms with Crippen LogP contribution in [0.25, 0.3) is 0 Å². The molecule has 0 aliphatic carbocycles. The number of pyridine rings is 1. The molecular weight excluding hydrogens is 254 g/mol. The van der Waals surface area contributed by atoms with E-state index in [0.29, 0.717) is 30.3 Å². The summed E-state index contributed by atoms with van der Waals surface area (Å²) in [6.45, 7) is 2.18. The number of nitrogens with zero attached hydrogens (tertiary/aromatic N) is 2. The first-order valence-corrected chi connectivity index (χ1v) is 7.36. The zero-order valence-corrected chi connectivity index (χ0v) is 11.8. The van der Waals surface area contributed by atoms with Gasteiger partial charge in [-0.05, 0) is 44.7 Å². The van der Waals surface area contributed by atoms with E-state index >= 15 is 0 Å². The maximum Gasteiger partial charge on any atom is 0.339 e. The van der Waals surface area contributed by atoms with Crippen LogP contribution < -0.4 is 10.6 Å². The summed E-state index contributed by atoms with van der Waals surface area (Å²) in [6, 6.07) is 5.06. The Morgan fingerprint density at radius 2 is 2.10 bits per heavy atom. The quantitative estimate of drug-likeness (QED) is 0.851. The highest BCUT2D eigenvalue weighted by molar-refractivity contribution is 5.89. The van der Waals surface area contributed by atoms with E-state index in [9.17, 15) is 4.79 Å². The van der Waals surface area contributed by atoms with Crippen LogP contribution in [0.4, 0.5) is 5.82 Å². The van der Waals surface area contributed by atoms with Crippen molar-refractivity contribution in [2.75, 3.05) is 11.5 Å². The first-order chi connectivity index (χ1) is 9.69. The monoisotopic (exact) mass is 275 g/mol. The van der Waals surface area contributed by atoms with Crippen molar-refractivity contribution < 1.29 is 9.53 Å². The van der Waals surface area contributed by atoms with Gasteiger partial charge in [0.15, 0.2) is 0 Å². The molecule has 5 nitrogen and oxygen atoms in total. The molecule has 0 amide bonds. The molecular formula is C15H21N3O2. The molecule has 0 radical (unpaired) electrons. The lowest BCUT2D eigenvalue weighted by molar-refractivity contribution is 0.0526.